The van der Waals surface area contributed by atoms with Crippen LogP contribution in [0, 0.1) is 0 Å². The Labute approximate surface area is 163 Å². The van der Waals surface area contributed by atoms with E-state index in [0.717, 1.165) is 56.3 Å². The van der Waals surface area contributed by atoms with Crippen molar-refractivity contribution in [1.82, 2.24) is 0 Å². The molecule has 0 aliphatic carbocycles. The third-order valence-electron chi connectivity index (χ3n) is 4.80. The number of hydrogen-bond acceptors (Lipinski definition) is 4. The standard InChI is InChI=1S/C23H31NO3/c1-3-4-15-25-19(2)18-20-9-11-21(12-10-20)26-16-13-24-14-17-27-23-8-6-5-7-22(23)24/h5-12,19H,3-4,13-18H2,1-2H3. The minimum absolute atomic E-state index is 0.254. The number of anilines is 1. The number of fused-ring (bicyclic) bond motifs is 1. The molecule has 27 heavy (non-hydrogen) atoms. The fourth-order valence-corrected chi connectivity index (χ4v) is 3.27. The molecule has 0 bridgehead atoms. The van der Waals surface area contributed by atoms with Gasteiger partial charge in [-0.1, -0.05) is 37.6 Å². The number of benzene rings is 2. The van der Waals surface area contributed by atoms with Crippen LogP contribution in [0.3, 0.4) is 0 Å². The number of nitrogens with zero attached hydrogens (tertiary/aromatic N) is 1. The molecule has 1 atom stereocenters. The van der Waals surface area contributed by atoms with Gasteiger partial charge in [0.25, 0.3) is 0 Å². The van der Waals surface area contributed by atoms with Gasteiger partial charge in [-0.25, -0.2) is 0 Å². The first-order chi connectivity index (χ1) is 13.3. The van der Waals surface area contributed by atoms with Gasteiger partial charge in [-0.15, -0.1) is 0 Å². The van der Waals surface area contributed by atoms with Crippen LogP contribution in [-0.4, -0.2) is 39.0 Å². The molecule has 4 nitrogen and oxygen atoms in total. The Morgan fingerprint density at radius 2 is 1.89 bits per heavy atom. The first-order valence-corrected chi connectivity index (χ1v) is 10.1. The van der Waals surface area contributed by atoms with E-state index in [1.54, 1.807) is 0 Å². The lowest BCUT2D eigenvalue weighted by Gasteiger charge is -2.31. The van der Waals surface area contributed by atoms with Crippen molar-refractivity contribution in [2.75, 3.05) is 37.8 Å². The largest absolute Gasteiger partial charge is 0.492 e. The highest BCUT2D eigenvalue weighted by atomic mass is 16.5. The second kappa shape index (κ2) is 10.2. The van der Waals surface area contributed by atoms with E-state index in [9.17, 15) is 0 Å². The van der Waals surface area contributed by atoms with Gasteiger partial charge in [0.05, 0.1) is 24.9 Å². The topological polar surface area (TPSA) is 30.9 Å². The second-order valence-electron chi connectivity index (χ2n) is 7.03. The van der Waals surface area contributed by atoms with E-state index >= 15 is 0 Å². The van der Waals surface area contributed by atoms with Crippen molar-refractivity contribution in [2.24, 2.45) is 0 Å². The Balaban J connectivity index is 1.43. The Hall–Kier alpha value is -2.20. The predicted octanol–water partition coefficient (Wildman–Crippen LogP) is 4.71. The van der Waals surface area contributed by atoms with Crippen LogP contribution in [0.1, 0.15) is 32.3 Å². The summed E-state index contributed by atoms with van der Waals surface area (Å²) in [5.41, 5.74) is 2.44. The summed E-state index contributed by atoms with van der Waals surface area (Å²) < 4.78 is 17.5. The third kappa shape index (κ3) is 5.90. The van der Waals surface area contributed by atoms with Gasteiger partial charge < -0.3 is 19.1 Å². The lowest BCUT2D eigenvalue weighted by atomic mass is 10.1. The number of ether oxygens (including phenoxy) is 3. The van der Waals surface area contributed by atoms with Crippen molar-refractivity contribution >= 4 is 5.69 Å². The van der Waals surface area contributed by atoms with Gasteiger partial charge in [-0.2, -0.15) is 0 Å². The summed E-state index contributed by atoms with van der Waals surface area (Å²) in [5, 5.41) is 0. The molecule has 2 aromatic carbocycles. The minimum Gasteiger partial charge on any atom is -0.492 e. The van der Waals surface area contributed by atoms with Crippen molar-refractivity contribution in [3.63, 3.8) is 0 Å². The molecule has 0 saturated carbocycles. The molecular formula is C23H31NO3. The van der Waals surface area contributed by atoms with Gasteiger partial charge >= 0.3 is 0 Å². The highest BCUT2D eigenvalue weighted by Crippen LogP contribution is 2.30. The molecule has 2 aromatic rings. The maximum Gasteiger partial charge on any atom is 0.142 e. The van der Waals surface area contributed by atoms with Crippen molar-refractivity contribution in [3.05, 3.63) is 54.1 Å². The lowest BCUT2D eigenvalue weighted by molar-refractivity contribution is 0.0644. The van der Waals surface area contributed by atoms with Crippen LogP contribution in [0.5, 0.6) is 11.5 Å². The van der Waals surface area contributed by atoms with E-state index in [2.05, 4.69) is 49.1 Å². The molecule has 1 aliphatic rings. The summed E-state index contributed by atoms with van der Waals surface area (Å²) in [7, 11) is 0. The second-order valence-corrected chi connectivity index (χ2v) is 7.03. The molecule has 146 valence electrons. The monoisotopic (exact) mass is 369 g/mol. The van der Waals surface area contributed by atoms with Crippen LogP contribution in [0.15, 0.2) is 48.5 Å². The molecule has 1 heterocycles. The first-order valence-electron chi connectivity index (χ1n) is 10.1. The molecule has 1 aliphatic heterocycles. The Morgan fingerprint density at radius 1 is 1.07 bits per heavy atom. The van der Waals surface area contributed by atoms with Gasteiger partial charge in [-0.05, 0) is 49.6 Å². The van der Waals surface area contributed by atoms with Crippen molar-refractivity contribution in [1.29, 1.82) is 0 Å². The smallest absolute Gasteiger partial charge is 0.142 e. The van der Waals surface area contributed by atoms with Gasteiger partial charge in [0.1, 0.15) is 24.7 Å². The molecule has 0 aromatic heterocycles. The Kier molecular flexibility index (Phi) is 7.40. The van der Waals surface area contributed by atoms with E-state index in [1.807, 2.05) is 18.2 Å². The maximum absolute atomic E-state index is 5.95. The fourth-order valence-electron chi connectivity index (χ4n) is 3.27. The number of unbranched alkanes of at least 4 members (excludes halogenated alkanes) is 1. The lowest BCUT2D eigenvalue weighted by Crippen LogP contribution is -2.35. The zero-order valence-electron chi connectivity index (χ0n) is 16.5. The summed E-state index contributed by atoms with van der Waals surface area (Å²) in [6, 6.07) is 16.6. The first kappa shape index (κ1) is 19.6. The molecule has 3 rings (SSSR count). The molecule has 0 saturated heterocycles. The molecular weight excluding hydrogens is 338 g/mol. The van der Waals surface area contributed by atoms with Gasteiger partial charge in [-0.3, -0.25) is 0 Å². The van der Waals surface area contributed by atoms with Crippen molar-refractivity contribution in [3.8, 4) is 11.5 Å². The van der Waals surface area contributed by atoms with Crippen LogP contribution in [0.4, 0.5) is 5.69 Å². The summed E-state index contributed by atoms with van der Waals surface area (Å²) in [4.78, 5) is 2.32. The van der Waals surface area contributed by atoms with Crippen molar-refractivity contribution < 1.29 is 14.2 Å². The minimum atomic E-state index is 0.254. The van der Waals surface area contributed by atoms with E-state index in [4.69, 9.17) is 14.2 Å². The Bertz CT molecular complexity index is 686. The van der Waals surface area contributed by atoms with Crippen LogP contribution < -0.4 is 14.4 Å². The van der Waals surface area contributed by atoms with Crippen LogP contribution >= 0.6 is 0 Å². The average Bonchev–Trinajstić information content (AvgIpc) is 2.70. The van der Waals surface area contributed by atoms with E-state index in [0.29, 0.717) is 6.61 Å². The predicted molar refractivity (Wildman–Crippen MR) is 110 cm³/mol. The highest BCUT2D eigenvalue weighted by Gasteiger charge is 2.16. The summed E-state index contributed by atoms with van der Waals surface area (Å²) in [6.45, 7) is 8.31. The van der Waals surface area contributed by atoms with Gasteiger partial charge in [0.15, 0.2) is 0 Å². The quantitative estimate of drug-likeness (QED) is 0.568. The molecule has 4 heteroatoms. The van der Waals surface area contributed by atoms with Crippen LogP contribution in [-0.2, 0) is 11.2 Å². The van der Waals surface area contributed by atoms with Gasteiger partial charge in [0, 0.05) is 6.61 Å². The Morgan fingerprint density at radius 3 is 2.70 bits per heavy atom. The summed E-state index contributed by atoms with van der Waals surface area (Å²) >= 11 is 0. The molecule has 0 radical (unpaired) electrons. The molecule has 1 unspecified atom stereocenters. The van der Waals surface area contributed by atoms with Gasteiger partial charge in [0.2, 0.25) is 0 Å². The summed E-state index contributed by atoms with van der Waals surface area (Å²) in [6.07, 6.45) is 3.50. The summed E-state index contributed by atoms with van der Waals surface area (Å²) in [5.74, 6) is 1.88. The van der Waals surface area contributed by atoms with E-state index < -0.39 is 0 Å². The van der Waals surface area contributed by atoms with E-state index in [-0.39, 0.29) is 6.10 Å². The zero-order chi connectivity index (χ0) is 18.9. The fraction of sp³-hybridized carbons (Fsp3) is 0.478. The molecule has 0 amide bonds. The average molecular weight is 370 g/mol. The maximum atomic E-state index is 5.95. The number of rotatable bonds is 10. The SMILES string of the molecule is CCCCOC(C)Cc1ccc(OCCN2CCOc3ccccc32)cc1. The molecule has 0 N–H and O–H groups in total. The normalized spacial score (nSPS) is 14.4. The zero-order valence-corrected chi connectivity index (χ0v) is 16.5. The highest BCUT2D eigenvalue weighted by molar-refractivity contribution is 5.59. The van der Waals surface area contributed by atoms with E-state index in [1.165, 1.54) is 12.0 Å². The van der Waals surface area contributed by atoms with Crippen LogP contribution in [0.2, 0.25) is 0 Å². The molecule has 0 spiro atoms. The molecule has 0 fully saturated rings. The van der Waals surface area contributed by atoms with Crippen LogP contribution in [0.25, 0.3) is 0 Å². The number of hydrogen-bond donors (Lipinski definition) is 0. The number of para-hydroxylation sites is 2. The third-order valence-corrected chi connectivity index (χ3v) is 4.80. The van der Waals surface area contributed by atoms with Crippen molar-refractivity contribution in [2.45, 2.75) is 39.2 Å².